The van der Waals surface area contributed by atoms with Crippen LogP contribution in [0.1, 0.15) is 26.3 Å². The summed E-state index contributed by atoms with van der Waals surface area (Å²) >= 11 is 12.1. The van der Waals surface area contributed by atoms with Crippen LogP contribution in [0.5, 0.6) is 0 Å². The van der Waals surface area contributed by atoms with Crippen LogP contribution in [0.4, 0.5) is 5.69 Å². The second-order valence-electron chi connectivity index (χ2n) is 7.74. The van der Waals surface area contributed by atoms with Crippen molar-refractivity contribution >= 4 is 50.7 Å². The Bertz CT molecular complexity index is 1080. The number of hydrogen-bond acceptors (Lipinski definition) is 4. The first kappa shape index (κ1) is 26.0. The zero-order valence-corrected chi connectivity index (χ0v) is 20.7. The van der Waals surface area contributed by atoms with E-state index in [0.29, 0.717) is 15.6 Å². The fourth-order valence-corrected chi connectivity index (χ4v) is 4.30. The van der Waals surface area contributed by atoms with Crippen molar-refractivity contribution in [1.29, 1.82) is 0 Å². The lowest BCUT2D eigenvalue weighted by atomic mass is 10.1. The zero-order valence-electron chi connectivity index (χ0n) is 18.4. The lowest BCUT2D eigenvalue weighted by molar-refractivity contribution is -0.139. The van der Waals surface area contributed by atoms with Crippen LogP contribution in [0.2, 0.25) is 10.0 Å². The highest BCUT2D eigenvalue weighted by molar-refractivity contribution is 7.92. The molecule has 1 atom stereocenters. The molecule has 1 N–H and O–H groups in total. The van der Waals surface area contributed by atoms with Crippen molar-refractivity contribution in [3.05, 3.63) is 64.1 Å². The number of benzene rings is 2. The van der Waals surface area contributed by atoms with Crippen molar-refractivity contribution in [2.24, 2.45) is 0 Å². The van der Waals surface area contributed by atoms with E-state index < -0.39 is 28.5 Å². The van der Waals surface area contributed by atoms with E-state index in [2.05, 4.69) is 5.32 Å². The maximum absolute atomic E-state index is 13.4. The molecule has 0 radical (unpaired) electrons. The number of anilines is 1. The Morgan fingerprint density at radius 3 is 2.12 bits per heavy atom. The van der Waals surface area contributed by atoms with Crippen molar-refractivity contribution in [2.45, 2.75) is 39.4 Å². The van der Waals surface area contributed by atoms with Crippen LogP contribution >= 0.6 is 23.2 Å². The SMILES string of the molecule is CC(C)NC(=O)[C@@H](C)N(Cc1cccc(Cl)c1)C(=O)CN(c1cccc(Cl)c1)S(C)(=O)=O. The second kappa shape index (κ2) is 11.0. The summed E-state index contributed by atoms with van der Waals surface area (Å²) in [7, 11) is -3.80. The molecule has 10 heteroatoms. The Balaban J connectivity index is 2.39. The lowest BCUT2D eigenvalue weighted by Crippen LogP contribution is -2.52. The fraction of sp³-hybridized carbons (Fsp3) is 0.364. The minimum absolute atomic E-state index is 0.0826. The van der Waals surface area contributed by atoms with E-state index in [1.807, 2.05) is 13.8 Å². The number of rotatable bonds is 9. The second-order valence-corrected chi connectivity index (χ2v) is 10.5. The molecular weight excluding hydrogens is 473 g/mol. The average Bonchev–Trinajstić information content (AvgIpc) is 2.68. The van der Waals surface area contributed by atoms with Crippen LogP contribution in [0.25, 0.3) is 0 Å². The number of sulfonamides is 1. The maximum atomic E-state index is 13.4. The van der Waals surface area contributed by atoms with Gasteiger partial charge >= 0.3 is 0 Å². The highest BCUT2D eigenvalue weighted by atomic mass is 35.5. The van der Waals surface area contributed by atoms with Gasteiger partial charge < -0.3 is 10.2 Å². The molecule has 0 aromatic heterocycles. The first-order valence-corrected chi connectivity index (χ1v) is 12.6. The molecule has 0 bridgehead atoms. The summed E-state index contributed by atoms with van der Waals surface area (Å²) in [5.41, 5.74) is 0.971. The van der Waals surface area contributed by atoms with Crippen LogP contribution in [0.15, 0.2) is 48.5 Å². The van der Waals surface area contributed by atoms with E-state index in [0.717, 1.165) is 10.6 Å². The number of halogens is 2. The van der Waals surface area contributed by atoms with Gasteiger partial charge in [0.25, 0.3) is 0 Å². The molecule has 0 heterocycles. The number of carbonyl (C=O) groups excluding carboxylic acids is 2. The van der Waals surface area contributed by atoms with E-state index >= 15 is 0 Å². The van der Waals surface area contributed by atoms with Gasteiger partial charge in [-0.3, -0.25) is 13.9 Å². The molecular formula is C22H27Cl2N3O4S. The van der Waals surface area contributed by atoms with E-state index in [1.165, 1.54) is 11.0 Å². The van der Waals surface area contributed by atoms with Crippen LogP contribution < -0.4 is 9.62 Å². The number of carbonyl (C=O) groups is 2. The van der Waals surface area contributed by atoms with Crippen LogP contribution in [-0.4, -0.2) is 50.0 Å². The normalized spacial score (nSPS) is 12.3. The molecule has 32 heavy (non-hydrogen) atoms. The molecule has 0 fully saturated rings. The van der Waals surface area contributed by atoms with Gasteiger partial charge in [0, 0.05) is 22.6 Å². The molecule has 2 amide bonds. The van der Waals surface area contributed by atoms with E-state index in [-0.39, 0.29) is 24.2 Å². The summed E-state index contributed by atoms with van der Waals surface area (Å²) in [6, 6.07) is 12.2. The van der Waals surface area contributed by atoms with E-state index in [4.69, 9.17) is 23.2 Å². The Labute approximate surface area is 199 Å². The molecule has 0 saturated carbocycles. The third-order valence-electron chi connectivity index (χ3n) is 4.62. The third kappa shape index (κ3) is 7.39. The predicted molar refractivity (Wildman–Crippen MR) is 128 cm³/mol. The molecule has 0 aliphatic heterocycles. The molecule has 0 spiro atoms. The van der Waals surface area contributed by atoms with Gasteiger partial charge in [-0.1, -0.05) is 41.4 Å². The molecule has 0 aliphatic carbocycles. The van der Waals surface area contributed by atoms with Crippen molar-refractivity contribution in [3.8, 4) is 0 Å². The van der Waals surface area contributed by atoms with Gasteiger partial charge in [0.2, 0.25) is 21.8 Å². The molecule has 0 saturated heterocycles. The summed E-state index contributed by atoms with van der Waals surface area (Å²) in [5.74, 6) is -0.883. The van der Waals surface area contributed by atoms with Crippen LogP contribution in [0.3, 0.4) is 0 Å². The summed E-state index contributed by atoms with van der Waals surface area (Å²) < 4.78 is 25.9. The molecule has 2 aromatic rings. The number of hydrogen-bond donors (Lipinski definition) is 1. The summed E-state index contributed by atoms with van der Waals surface area (Å²) in [4.78, 5) is 27.4. The predicted octanol–water partition coefficient (Wildman–Crippen LogP) is 3.70. The van der Waals surface area contributed by atoms with Gasteiger partial charge in [-0.05, 0) is 56.7 Å². The Morgan fingerprint density at radius 1 is 1.00 bits per heavy atom. The summed E-state index contributed by atoms with van der Waals surface area (Å²) in [6.07, 6.45) is 1.01. The van der Waals surface area contributed by atoms with Crippen molar-refractivity contribution in [3.63, 3.8) is 0 Å². The molecule has 2 aromatic carbocycles. The average molecular weight is 500 g/mol. The maximum Gasteiger partial charge on any atom is 0.244 e. The minimum atomic E-state index is -3.80. The standard InChI is InChI=1S/C22H27Cl2N3O4S/c1-15(2)25-22(29)16(3)26(13-17-7-5-8-18(23)11-17)21(28)14-27(32(4,30)31)20-10-6-9-19(24)12-20/h5-12,15-16H,13-14H2,1-4H3,(H,25,29)/t16-/m1/s1. The largest absolute Gasteiger partial charge is 0.352 e. The summed E-state index contributed by atoms with van der Waals surface area (Å²) in [5, 5.41) is 3.62. The van der Waals surface area contributed by atoms with Crippen molar-refractivity contribution < 1.29 is 18.0 Å². The third-order valence-corrected chi connectivity index (χ3v) is 6.23. The zero-order chi connectivity index (χ0) is 24.1. The molecule has 2 rings (SSSR count). The Morgan fingerprint density at radius 2 is 1.59 bits per heavy atom. The first-order valence-electron chi connectivity index (χ1n) is 9.96. The fourth-order valence-electron chi connectivity index (χ4n) is 3.06. The number of nitrogens with one attached hydrogen (secondary N) is 1. The van der Waals surface area contributed by atoms with Gasteiger partial charge in [-0.25, -0.2) is 8.42 Å². The molecule has 0 aliphatic rings. The first-order chi connectivity index (χ1) is 14.9. The molecule has 0 unspecified atom stereocenters. The van der Waals surface area contributed by atoms with E-state index in [9.17, 15) is 18.0 Å². The minimum Gasteiger partial charge on any atom is -0.352 e. The number of amides is 2. The van der Waals surface area contributed by atoms with Crippen LogP contribution in [-0.2, 0) is 26.2 Å². The van der Waals surface area contributed by atoms with Crippen molar-refractivity contribution in [2.75, 3.05) is 17.1 Å². The van der Waals surface area contributed by atoms with Gasteiger partial charge in [0.05, 0.1) is 11.9 Å². The Hall–Kier alpha value is -2.29. The monoisotopic (exact) mass is 499 g/mol. The lowest BCUT2D eigenvalue weighted by Gasteiger charge is -2.32. The topological polar surface area (TPSA) is 86.8 Å². The highest BCUT2D eigenvalue weighted by Crippen LogP contribution is 2.23. The van der Waals surface area contributed by atoms with Gasteiger partial charge in [0.15, 0.2) is 0 Å². The molecule has 7 nitrogen and oxygen atoms in total. The summed E-state index contributed by atoms with van der Waals surface area (Å²) in [6.45, 7) is 4.83. The smallest absolute Gasteiger partial charge is 0.244 e. The van der Waals surface area contributed by atoms with Gasteiger partial charge in [-0.2, -0.15) is 0 Å². The Kier molecular flexibility index (Phi) is 8.95. The van der Waals surface area contributed by atoms with Gasteiger partial charge in [0.1, 0.15) is 12.6 Å². The quantitative estimate of drug-likeness (QED) is 0.569. The van der Waals surface area contributed by atoms with Gasteiger partial charge in [-0.15, -0.1) is 0 Å². The van der Waals surface area contributed by atoms with Crippen LogP contribution in [0, 0.1) is 0 Å². The highest BCUT2D eigenvalue weighted by Gasteiger charge is 2.30. The molecule has 174 valence electrons. The number of nitrogens with zero attached hydrogens (tertiary/aromatic N) is 2. The van der Waals surface area contributed by atoms with Crippen molar-refractivity contribution in [1.82, 2.24) is 10.2 Å². The van der Waals surface area contributed by atoms with E-state index in [1.54, 1.807) is 49.4 Å².